The van der Waals surface area contributed by atoms with Gasteiger partial charge in [-0.2, -0.15) is 5.10 Å². The molecule has 4 heterocycles. The fraction of sp³-hybridized carbons (Fsp3) is 0.0882. The third kappa shape index (κ3) is 6.61. The largest absolute Gasteiger partial charge is 0.337 e. The molecule has 234 valence electrons. The summed E-state index contributed by atoms with van der Waals surface area (Å²) >= 11 is 0. The number of hydrogen-bond acceptors (Lipinski definition) is 7. The van der Waals surface area contributed by atoms with Crippen molar-refractivity contribution in [3.8, 4) is 33.9 Å². The topological polar surface area (TPSA) is 158 Å². The molecule has 47 heavy (non-hydrogen) atoms. The second-order valence-corrected chi connectivity index (χ2v) is 12.9. The number of nitrogens with one attached hydrogen (secondary N) is 4. The molecule has 0 saturated carbocycles. The molecule has 0 spiro atoms. The Labute approximate surface area is 268 Å². The molecule has 7 rings (SSSR count). The molecule has 0 saturated heterocycles. The number of benzene rings is 3. The monoisotopic (exact) mass is 646 g/mol. The maximum Gasteiger partial charge on any atom is 0.228 e. The standard InChI is InChI=1S/C34H27FN8O3S/c1-47(45,46)38-16-21-10-22(13-24(35)11-21)26-8-5-9-28-32(26)41-34(40-28)33-27-15-29(37-19-30(27)42-43-33)23-14-25(18-36-17-23)39-31(44)12-20-6-3-2-4-7-20/h2-11,13-15,17-19,38H,12,16H2,1H3,(H,39,44)(H,40,41)(H,42,43). The third-order valence-corrected chi connectivity index (χ3v) is 8.19. The van der Waals surface area contributed by atoms with E-state index in [0.717, 1.165) is 17.2 Å². The van der Waals surface area contributed by atoms with Gasteiger partial charge >= 0.3 is 0 Å². The maximum absolute atomic E-state index is 14.6. The third-order valence-electron chi connectivity index (χ3n) is 7.52. The van der Waals surface area contributed by atoms with Gasteiger partial charge in [-0.05, 0) is 53.1 Å². The van der Waals surface area contributed by atoms with E-state index in [9.17, 15) is 17.6 Å². The fourth-order valence-electron chi connectivity index (χ4n) is 5.39. The van der Waals surface area contributed by atoms with Gasteiger partial charge in [-0.15, -0.1) is 0 Å². The highest BCUT2D eigenvalue weighted by Crippen LogP contribution is 2.33. The number of H-pyrrole nitrogens is 2. The molecule has 0 bridgehead atoms. The number of aromatic amines is 2. The van der Waals surface area contributed by atoms with Crippen LogP contribution < -0.4 is 10.0 Å². The van der Waals surface area contributed by atoms with Crippen molar-refractivity contribution < 1.29 is 17.6 Å². The molecule has 3 aromatic carbocycles. The van der Waals surface area contributed by atoms with E-state index < -0.39 is 15.8 Å². The predicted octanol–water partition coefficient (Wildman–Crippen LogP) is 5.60. The highest BCUT2D eigenvalue weighted by molar-refractivity contribution is 7.88. The number of rotatable bonds is 9. The number of carbonyl (C=O) groups is 1. The quantitative estimate of drug-likeness (QED) is 0.159. The Kier molecular flexibility index (Phi) is 7.75. The number of fused-ring (bicyclic) bond motifs is 2. The molecule has 13 heteroatoms. The van der Waals surface area contributed by atoms with Crippen LogP contribution in [-0.4, -0.2) is 50.7 Å². The van der Waals surface area contributed by atoms with Gasteiger partial charge < -0.3 is 10.3 Å². The minimum atomic E-state index is -3.45. The Hall–Kier alpha value is -5.79. The van der Waals surface area contributed by atoms with Gasteiger partial charge in [0.2, 0.25) is 15.9 Å². The molecule has 11 nitrogen and oxygen atoms in total. The van der Waals surface area contributed by atoms with E-state index in [1.54, 1.807) is 24.7 Å². The number of nitrogens with zero attached hydrogens (tertiary/aromatic N) is 4. The zero-order chi connectivity index (χ0) is 32.5. The number of anilines is 1. The average Bonchev–Trinajstić information content (AvgIpc) is 3.68. The van der Waals surface area contributed by atoms with Crippen LogP contribution in [0.1, 0.15) is 11.1 Å². The number of aromatic nitrogens is 6. The fourth-order valence-corrected chi connectivity index (χ4v) is 5.82. The molecule has 0 fully saturated rings. The van der Waals surface area contributed by atoms with Crippen molar-refractivity contribution in [2.24, 2.45) is 0 Å². The highest BCUT2D eigenvalue weighted by atomic mass is 32.2. The van der Waals surface area contributed by atoms with Gasteiger partial charge in [-0.25, -0.2) is 22.5 Å². The summed E-state index contributed by atoms with van der Waals surface area (Å²) in [4.78, 5) is 29.7. The summed E-state index contributed by atoms with van der Waals surface area (Å²) in [6, 6.07) is 23.1. The van der Waals surface area contributed by atoms with Crippen molar-refractivity contribution in [2.45, 2.75) is 13.0 Å². The molecule has 7 aromatic rings. The predicted molar refractivity (Wildman–Crippen MR) is 178 cm³/mol. The Bertz CT molecular complexity index is 2390. The first-order valence-electron chi connectivity index (χ1n) is 14.6. The molecule has 0 aliphatic heterocycles. The van der Waals surface area contributed by atoms with Crippen LogP contribution in [0.25, 0.3) is 55.8 Å². The first-order chi connectivity index (χ1) is 22.7. The number of hydrogen-bond donors (Lipinski definition) is 4. The van der Waals surface area contributed by atoms with Crippen molar-refractivity contribution in [3.63, 3.8) is 0 Å². The SMILES string of the molecule is CS(=O)(=O)NCc1cc(F)cc(-c2cccc3[nH]c(-c4n[nH]c5cnc(-c6cncc(NC(=O)Cc7ccccc7)c6)cc45)nc23)c1. The second kappa shape index (κ2) is 12.2. The number of imidazole rings is 1. The number of sulfonamides is 1. The molecular weight excluding hydrogens is 619 g/mol. The van der Waals surface area contributed by atoms with Gasteiger partial charge in [0, 0.05) is 29.3 Å². The van der Waals surface area contributed by atoms with Crippen LogP contribution in [0.2, 0.25) is 0 Å². The van der Waals surface area contributed by atoms with Crippen LogP contribution in [0.15, 0.2) is 97.5 Å². The van der Waals surface area contributed by atoms with Crippen molar-refractivity contribution in [1.82, 2.24) is 34.9 Å². The molecule has 4 N–H and O–H groups in total. The number of amides is 1. The van der Waals surface area contributed by atoms with Crippen LogP contribution in [0.4, 0.5) is 10.1 Å². The summed E-state index contributed by atoms with van der Waals surface area (Å²) in [6.07, 6.45) is 6.23. The minimum Gasteiger partial charge on any atom is -0.337 e. The van der Waals surface area contributed by atoms with E-state index >= 15 is 0 Å². The van der Waals surface area contributed by atoms with E-state index in [1.807, 2.05) is 60.7 Å². The van der Waals surface area contributed by atoms with Gasteiger partial charge in [-0.1, -0.05) is 42.5 Å². The summed E-state index contributed by atoms with van der Waals surface area (Å²) in [7, 11) is -3.45. The number of halogens is 1. The summed E-state index contributed by atoms with van der Waals surface area (Å²) in [6.45, 7) is -0.0422. The molecule has 1 amide bonds. The Balaban J connectivity index is 1.20. The first kappa shape index (κ1) is 29.9. The van der Waals surface area contributed by atoms with E-state index in [4.69, 9.17) is 4.98 Å². The van der Waals surface area contributed by atoms with Crippen molar-refractivity contribution in [1.29, 1.82) is 0 Å². The molecule has 0 aliphatic carbocycles. The zero-order valence-corrected chi connectivity index (χ0v) is 25.8. The number of carbonyl (C=O) groups excluding carboxylic acids is 1. The zero-order valence-electron chi connectivity index (χ0n) is 25.0. The highest BCUT2D eigenvalue weighted by Gasteiger charge is 2.17. The Morgan fingerprint density at radius 3 is 2.57 bits per heavy atom. The molecule has 0 radical (unpaired) electrons. The minimum absolute atomic E-state index is 0.0422. The molecule has 0 unspecified atom stereocenters. The molecule has 4 aromatic heterocycles. The van der Waals surface area contributed by atoms with Crippen LogP contribution in [0, 0.1) is 5.82 Å². The van der Waals surface area contributed by atoms with Gasteiger partial charge in [0.1, 0.15) is 11.5 Å². The number of pyridine rings is 2. The van der Waals surface area contributed by atoms with Crippen molar-refractivity contribution >= 4 is 43.6 Å². The van der Waals surface area contributed by atoms with E-state index in [0.29, 0.717) is 61.7 Å². The van der Waals surface area contributed by atoms with Crippen molar-refractivity contribution in [2.75, 3.05) is 11.6 Å². The lowest BCUT2D eigenvalue weighted by atomic mass is 10.0. The van der Waals surface area contributed by atoms with Gasteiger partial charge in [0.15, 0.2) is 5.82 Å². The van der Waals surface area contributed by atoms with Gasteiger partial charge in [0.25, 0.3) is 0 Å². The first-order valence-corrected chi connectivity index (χ1v) is 16.4. The van der Waals surface area contributed by atoms with E-state index in [-0.39, 0.29) is 18.9 Å². The lowest BCUT2D eigenvalue weighted by molar-refractivity contribution is -0.115. The normalized spacial score (nSPS) is 11.7. The van der Waals surface area contributed by atoms with E-state index in [2.05, 4.69) is 35.2 Å². The number of para-hydroxylation sites is 1. The Morgan fingerprint density at radius 1 is 0.894 bits per heavy atom. The molecule has 0 atom stereocenters. The summed E-state index contributed by atoms with van der Waals surface area (Å²) in [5, 5.41) is 11.2. The average molecular weight is 647 g/mol. The maximum atomic E-state index is 14.6. The van der Waals surface area contributed by atoms with Crippen LogP contribution in [0.3, 0.4) is 0 Å². The summed E-state index contributed by atoms with van der Waals surface area (Å²) in [5.41, 5.74) is 7.06. The summed E-state index contributed by atoms with van der Waals surface area (Å²) < 4.78 is 40.2. The van der Waals surface area contributed by atoms with Gasteiger partial charge in [0.05, 0.1) is 53.0 Å². The van der Waals surface area contributed by atoms with Crippen LogP contribution >= 0.6 is 0 Å². The van der Waals surface area contributed by atoms with Crippen LogP contribution in [-0.2, 0) is 27.8 Å². The Morgan fingerprint density at radius 2 is 1.74 bits per heavy atom. The molecular formula is C34H27FN8O3S. The van der Waals surface area contributed by atoms with E-state index in [1.165, 1.54) is 12.1 Å². The summed E-state index contributed by atoms with van der Waals surface area (Å²) in [5.74, 6) is -0.153. The smallest absolute Gasteiger partial charge is 0.228 e. The van der Waals surface area contributed by atoms with Crippen molar-refractivity contribution in [3.05, 3.63) is 114 Å². The lowest BCUT2D eigenvalue weighted by Gasteiger charge is -2.08. The van der Waals surface area contributed by atoms with Crippen LogP contribution in [0.5, 0.6) is 0 Å². The van der Waals surface area contributed by atoms with Gasteiger partial charge in [-0.3, -0.25) is 19.9 Å². The second-order valence-electron chi connectivity index (χ2n) is 11.1. The molecule has 0 aliphatic rings. The lowest BCUT2D eigenvalue weighted by Crippen LogP contribution is -2.21.